The first-order chi connectivity index (χ1) is 9.56. The van der Waals surface area contributed by atoms with E-state index in [1.807, 2.05) is 0 Å². The number of hydrazine groups is 1. The van der Waals surface area contributed by atoms with E-state index in [2.05, 4.69) is 5.43 Å². The van der Waals surface area contributed by atoms with Gasteiger partial charge in [-0.15, -0.1) is 0 Å². The van der Waals surface area contributed by atoms with Crippen LogP contribution in [0.5, 0.6) is 0 Å². The number of hydrogen-bond donors (Lipinski definition) is 3. The average Bonchev–Trinajstić information content (AvgIpc) is 2.68. The van der Waals surface area contributed by atoms with Gasteiger partial charge in [-0.2, -0.15) is 0 Å². The summed E-state index contributed by atoms with van der Waals surface area (Å²) in [6.07, 6.45) is 0.715. The molecule has 1 aromatic rings. The number of nitrogens with one attached hydrogen (secondary N) is 1. The van der Waals surface area contributed by atoms with Crippen molar-refractivity contribution >= 4 is 17.8 Å². The predicted molar refractivity (Wildman–Crippen MR) is 69.8 cm³/mol. The molecule has 7 heteroatoms. The lowest BCUT2D eigenvalue weighted by Crippen LogP contribution is -2.51. The Morgan fingerprint density at radius 2 is 1.80 bits per heavy atom. The van der Waals surface area contributed by atoms with Crippen LogP contribution in [0.1, 0.15) is 33.6 Å². The zero-order valence-electron chi connectivity index (χ0n) is 10.7. The predicted octanol–water partition coefficient (Wildman–Crippen LogP) is -0.0207. The molecule has 1 aromatic carbocycles. The molecule has 1 heterocycles. The van der Waals surface area contributed by atoms with E-state index in [9.17, 15) is 14.4 Å². The van der Waals surface area contributed by atoms with Crippen molar-refractivity contribution in [3.8, 4) is 0 Å². The quantitative estimate of drug-likeness (QED) is 0.630. The van der Waals surface area contributed by atoms with Gasteiger partial charge in [0.1, 0.15) is 6.04 Å². The number of carbonyl (C=O) groups excluding carboxylic acids is 2. The number of carboxylic acid groups (broad SMARTS) is 1. The molecule has 0 bridgehead atoms. The third kappa shape index (κ3) is 2.54. The van der Waals surface area contributed by atoms with Crippen molar-refractivity contribution in [3.05, 3.63) is 35.4 Å². The Bertz CT molecular complexity index is 523. The van der Waals surface area contributed by atoms with Crippen molar-refractivity contribution in [3.63, 3.8) is 0 Å². The molecule has 0 radical (unpaired) electrons. The lowest BCUT2D eigenvalue weighted by atomic mass is 10.1. The molecule has 0 aromatic heterocycles. The van der Waals surface area contributed by atoms with E-state index in [1.165, 1.54) is 12.1 Å². The molecule has 2 amide bonds. The second kappa shape index (κ2) is 5.81. The molecule has 0 fully saturated rings. The first-order valence-electron chi connectivity index (χ1n) is 6.23. The normalized spacial score (nSPS) is 15.3. The third-order valence-electron chi connectivity index (χ3n) is 3.07. The van der Waals surface area contributed by atoms with Gasteiger partial charge in [0.05, 0.1) is 11.1 Å². The Labute approximate surface area is 115 Å². The van der Waals surface area contributed by atoms with Crippen LogP contribution in [0.15, 0.2) is 24.3 Å². The molecule has 0 unspecified atom stereocenters. The van der Waals surface area contributed by atoms with E-state index in [1.54, 1.807) is 12.1 Å². The van der Waals surface area contributed by atoms with Crippen molar-refractivity contribution in [2.24, 2.45) is 5.73 Å². The van der Waals surface area contributed by atoms with E-state index < -0.39 is 23.8 Å². The minimum absolute atomic E-state index is 0.235. The number of benzene rings is 1. The summed E-state index contributed by atoms with van der Waals surface area (Å²) in [6, 6.07) is 5.34. The molecular weight excluding hydrogens is 262 g/mol. The maximum Gasteiger partial charge on any atom is 0.322 e. The van der Waals surface area contributed by atoms with Gasteiger partial charge < -0.3 is 10.8 Å². The van der Waals surface area contributed by atoms with Crippen LogP contribution in [-0.2, 0) is 4.79 Å². The van der Waals surface area contributed by atoms with Crippen LogP contribution in [0.3, 0.4) is 0 Å². The van der Waals surface area contributed by atoms with E-state index in [-0.39, 0.29) is 17.5 Å². The maximum atomic E-state index is 12.1. The maximum absolute atomic E-state index is 12.1. The minimum Gasteiger partial charge on any atom is -0.480 e. The van der Waals surface area contributed by atoms with Crippen LogP contribution in [0.2, 0.25) is 0 Å². The highest BCUT2D eigenvalue weighted by molar-refractivity contribution is 6.21. The van der Waals surface area contributed by atoms with Gasteiger partial charge in [-0.3, -0.25) is 14.4 Å². The first kappa shape index (κ1) is 14.2. The molecule has 1 aliphatic rings. The smallest absolute Gasteiger partial charge is 0.322 e. The summed E-state index contributed by atoms with van der Waals surface area (Å²) in [7, 11) is 0. The van der Waals surface area contributed by atoms with Crippen molar-refractivity contribution in [2.45, 2.75) is 18.9 Å². The standard InChI is InChI=1S/C13H15N3O4/c14-7-3-6-10(13(19)20)15-16-11(17)8-4-1-2-5-9(8)12(16)18/h1-2,4-5,10,15H,3,6-7,14H2,(H,19,20)/t10-/m0/s1. The van der Waals surface area contributed by atoms with Crippen molar-refractivity contribution < 1.29 is 19.5 Å². The molecule has 7 nitrogen and oxygen atoms in total. The zero-order chi connectivity index (χ0) is 14.7. The Balaban J connectivity index is 2.16. The number of imide groups is 1. The monoisotopic (exact) mass is 277 g/mol. The van der Waals surface area contributed by atoms with Gasteiger partial charge >= 0.3 is 5.97 Å². The van der Waals surface area contributed by atoms with Crippen molar-refractivity contribution in [2.75, 3.05) is 6.54 Å². The topological polar surface area (TPSA) is 113 Å². The Hall–Kier alpha value is -2.25. The number of hydrogen-bond acceptors (Lipinski definition) is 5. The van der Waals surface area contributed by atoms with Gasteiger partial charge in [0.2, 0.25) is 0 Å². The van der Waals surface area contributed by atoms with E-state index in [4.69, 9.17) is 10.8 Å². The zero-order valence-corrected chi connectivity index (χ0v) is 10.7. The highest BCUT2D eigenvalue weighted by atomic mass is 16.4. The van der Waals surface area contributed by atoms with Crippen molar-refractivity contribution in [1.82, 2.24) is 10.4 Å². The van der Waals surface area contributed by atoms with Gasteiger partial charge in [0, 0.05) is 0 Å². The number of carbonyl (C=O) groups is 3. The fourth-order valence-corrected chi connectivity index (χ4v) is 2.03. The summed E-state index contributed by atoms with van der Waals surface area (Å²) in [5, 5.41) is 9.86. The lowest BCUT2D eigenvalue weighted by Gasteiger charge is -2.20. The van der Waals surface area contributed by atoms with Crippen LogP contribution in [0.25, 0.3) is 0 Å². The molecule has 1 atom stereocenters. The summed E-state index contributed by atoms with van der Waals surface area (Å²) in [5.41, 5.74) is 8.36. The van der Waals surface area contributed by atoms with Crippen LogP contribution in [0, 0.1) is 0 Å². The Kier molecular flexibility index (Phi) is 4.11. The highest BCUT2D eigenvalue weighted by Gasteiger charge is 2.37. The third-order valence-corrected chi connectivity index (χ3v) is 3.07. The minimum atomic E-state index is -1.13. The number of amides is 2. The SMILES string of the molecule is NCCC[C@H](NN1C(=O)c2ccccc2C1=O)C(=O)O. The van der Waals surface area contributed by atoms with E-state index in [0.717, 1.165) is 5.01 Å². The fourth-order valence-electron chi connectivity index (χ4n) is 2.03. The van der Waals surface area contributed by atoms with Gasteiger partial charge in [0.25, 0.3) is 11.8 Å². The summed E-state index contributed by atoms with van der Waals surface area (Å²) in [6.45, 7) is 0.341. The number of fused-ring (bicyclic) bond motifs is 1. The molecule has 4 N–H and O–H groups in total. The number of nitrogens with zero attached hydrogens (tertiary/aromatic N) is 1. The summed E-state index contributed by atoms with van der Waals surface area (Å²) in [5.74, 6) is -2.20. The summed E-state index contributed by atoms with van der Waals surface area (Å²) in [4.78, 5) is 35.3. The van der Waals surface area contributed by atoms with Crippen LogP contribution < -0.4 is 11.2 Å². The van der Waals surface area contributed by atoms with E-state index >= 15 is 0 Å². The largest absolute Gasteiger partial charge is 0.480 e. The Morgan fingerprint density at radius 1 is 1.25 bits per heavy atom. The number of nitrogens with two attached hydrogens (primary N) is 1. The highest BCUT2D eigenvalue weighted by Crippen LogP contribution is 2.21. The first-order valence-corrected chi connectivity index (χ1v) is 6.23. The molecule has 106 valence electrons. The van der Waals surface area contributed by atoms with Crippen LogP contribution in [-0.4, -0.2) is 40.5 Å². The number of aliphatic carboxylic acids is 1. The molecule has 0 aliphatic carbocycles. The molecule has 2 rings (SSSR count). The average molecular weight is 277 g/mol. The number of rotatable bonds is 6. The van der Waals surface area contributed by atoms with E-state index in [0.29, 0.717) is 13.0 Å². The second-order valence-corrected chi connectivity index (χ2v) is 4.44. The van der Waals surface area contributed by atoms with Crippen molar-refractivity contribution in [1.29, 1.82) is 0 Å². The molecule has 0 saturated heterocycles. The molecule has 1 aliphatic heterocycles. The number of carboxylic acids is 1. The van der Waals surface area contributed by atoms with Crippen LogP contribution >= 0.6 is 0 Å². The van der Waals surface area contributed by atoms with Gasteiger partial charge in [-0.05, 0) is 31.5 Å². The fraction of sp³-hybridized carbons (Fsp3) is 0.308. The van der Waals surface area contributed by atoms with Gasteiger partial charge in [-0.1, -0.05) is 12.1 Å². The molecule has 0 spiro atoms. The van der Waals surface area contributed by atoms with Gasteiger partial charge in [-0.25, -0.2) is 10.4 Å². The molecular formula is C13H15N3O4. The summed E-state index contributed by atoms with van der Waals surface area (Å²) >= 11 is 0. The van der Waals surface area contributed by atoms with Crippen LogP contribution in [0.4, 0.5) is 0 Å². The molecule has 20 heavy (non-hydrogen) atoms. The summed E-state index contributed by atoms with van der Waals surface area (Å²) < 4.78 is 0. The molecule has 0 saturated carbocycles. The lowest BCUT2D eigenvalue weighted by molar-refractivity contribution is -0.140. The second-order valence-electron chi connectivity index (χ2n) is 4.44. The Morgan fingerprint density at radius 3 is 2.25 bits per heavy atom. The van der Waals surface area contributed by atoms with Gasteiger partial charge in [0.15, 0.2) is 0 Å².